The summed E-state index contributed by atoms with van der Waals surface area (Å²) in [5, 5.41) is 33.2. The molecule has 1 aliphatic carbocycles. The molecule has 1 aliphatic heterocycles. The summed E-state index contributed by atoms with van der Waals surface area (Å²) in [5.74, 6) is 0.199. The maximum atomic E-state index is 12.2. The third kappa shape index (κ3) is 2.34. The third-order valence-corrected chi connectivity index (χ3v) is 6.35. The molecular weight excluding hydrogens is 386 g/mol. The van der Waals surface area contributed by atoms with E-state index in [4.69, 9.17) is 10.5 Å². The summed E-state index contributed by atoms with van der Waals surface area (Å²) >= 11 is 0. The number of aliphatic hydroxyl groups excluding tert-OH is 2. The van der Waals surface area contributed by atoms with Crippen molar-refractivity contribution in [2.24, 2.45) is 0 Å². The van der Waals surface area contributed by atoms with Gasteiger partial charge in [-0.3, -0.25) is 4.57 Å². The molecule has 1 saturated heterocycles. The Balaban J connectivity index is 1.76. The fourth-order valence-electron chi connectivity index (χ4n) is 4.79. The molecule has 156 valence electrons. The number of aromatic nitrogens is 4. The number of nitrogens with two attached hydrogens (primary N) is 1. The second kappa shape index (κ2) is 6.58. The molecule has 0 unspecified atom stereocenters. The molecule has 0 bridgehead atoms. The topological polar surface area (TPSA) is 140 Å². The van der Waals surface area contributed by atoms with Gasteiger partial charge in [-0.2, -0.15) is 0 Å². The maximum Gasteiger partial charge on any atom is 0.180 e. The highest BCUT2D eigenvalue weighted by molar-refractivity contribution is 5.82. The lowest BCUT2D eigenvalue weighted by atomic mass is 9.73. The van der Waals surface area contributed by atoms with E-state index in [1.807, 2.05) is 30.3 Å². The number of hydrogen-bond donors (Lipinski definition) is 4. The van der Waals surface area contributed by atoms with Gasteiger partial charge >= 0.3 is 0 Å². The van der Waals surface area contributed by atoms with Crippen molar-refractivity contribution in [2.75, 3.05) is 12.3 Å². The highest BCUT2D eigenvalue weighted by atomic mass is 16.6. The molecule has 0 spiro atoms. The molecule has 3 heterocycles. The van der Waals surface area contributed by atoms with Gasteiger partial charge in [0.15, 0.2) is 22.8 Å². The monoisotopic (exact) mass is 409 g/mol. The molecule has 2 aliphatic rings. The van der Waals surface area contributed by atoms with Gasteiger partial charge < -0.3 is 25.8 Å². The van der Waals surface area contributed by atoms with Crippen LogP contribution < -0.4 is 5.73 Å². The van der Waals surface area contributed by atoms with E-state index in [1.54, 1.807) is 11.5 Å². The number of anilines is 1. The first kappa shape index (κ1) is 19.1. The van der Waals surface area contributed by atoms with Crippen molar-refractivity contribution in [1.29, 1.82) is 0 Å². The van der Waals surface area contributed by atoms with Gasteiger partial charge in [-0.15, -0.1) is 0 Å². The molecule has 0 saturated carbocycles. The Morgan fingerprint density at radius 3 is 2.87 bits per heavy atom. The van der Waals surface area contributed by atoms with Gasteiger partial charge in [-0.05, 0) is 36.5 Å². The lowest BCUT2D eigenvalue weighted by molar-refractivity contribution is -0.156. The normalized spacial score (nSPS) is 31.0. The van der Waals surface area contributed by atoms with Crippen LogP contribution in [-0.4, -0.2) is 59.3 Å². The van der Waals surface area contributed by atoms with Crippen LogP contribution in [0.5, 0.6) is 0 Å². The number of allylic oxidation sites excluding steroid dienone is 1. The smallest absolute Gasteiger partial charge is 0.180 e. The molecule has 1 aromatic carbocycles. The van der Waals surface area contributed by atoms with Crippen molar-refractivity contribution >= 4 is 22.6 Å². The minimum Gasteiger partial charge on any atom is -0.394 e. The molecule has 5 rings (SSSR count). The van der Waals surface area contributed by atoms with Crippen LogP contribution in [0, 0.1) is 0 Å². The second-order valence-corrected chi connectivity index (χ2v) is 7.89. The lowest BCUT2D eigenvalue weighted by Crippen LogP contribution is -2.57. The van der Waals surface area contributed by atoms with Crippen LogP contribution >= 0.6 is 0 Å². The van der Waals surface area contributed by atoms with Gasteiger partial charge in [0.25, 0.3) is 0 Å². The van der Waals surface area contributed by atoms with Crippen molar-refractivity contribution < 1.29 is 20.1 Å². The number of hydrogen-bond acceptors (Lipinski definition) is 8. The fourth-order valence-corrected chi connectivity index (χ4v) is 4.79. The van der Waals surface area contributed by atoms with Crippen molar-refractivity contribution in [3.63, 3.8) is 0 Å². The summed E-state index contributed by atoms with van der Waals surface area (Å²) in [6.07, 6.45) is 3.85. The average Bonchev–Trinajstić information content (AvgIpc) is 3.29. The Kier molecular flexibility index (Phi) is 4.19. The summed E-state index contributed by atoms with van der Waals surface area (Å²) in [6, 6.07) is 7.77. The number of nitrogens with zero attached hydrogens (tertiary/aromatic N) is 4. The number of imidazole rings is 1. The molecule has 1 fully saturated rings. The largest absolute Gasteiger partial charge is 0.394 e. The standard InChI is InChI=1S/C21H23N5O4/c1-20(26-11-25-16-18(22)23-10-24-19(16)26)21(29,17(28)15(9-27)30-20)14-8-4-6-12-5-2-3-7-13(12)14/h2-3,5,7-8,10-11,15,17,27-29H,4,6,9H2,1H3,(H2,22,23,24)/t15-,17-,20-,21-/m1/s1. The molecule has 9 heteroatoms. The van der Waals surface area contributed by atoms with Gasteiger partial charge in [-0.1, -0.05) is 30.3 Å². The fraction of sp³-hybridized carbons (Fsp3) is 0.381. The van der Waals surface area contributed by atoms with Crippen LogP contribution in [0.25, 0.3) is 16.7 Å². The first-order valence-electron chi connectivity index (χ1n) is 9.84. The van der Waals surface area contributed by atoms with Crippen LogP contribution in [-0.2, 0) is 16.9 Å². The minimum absolute atomic E-state index is 0.199. The van der Waals surface area contributed by atoms with Crippen LogP contribution in [0.15, 0.2) is 43.0 Å². The molecule has 4 atom stereocenters. The molecule has 30 heavy (non-hydrogen) atoms. The number of rotatable bonds is 3. The lowest BCUT2D eigenvalue weighted by Gasteiger charge is -2.43. The molecular formula is C21H23N5O4. The van der Waals surface area contributed by atoms with E-state index in [9.17, 15) is 15.3 Å². The van der Waals surface area contributed by atoms with E-state index in [-0.39, 0.29) is 5.82 Å². The maximum absolute atomic E-state index is 12.2. The Morgan fingerprint density at radius 2 is 2.07 bits per heavy atom. The second-order valence-electron chi connectivity index (χ2n) is 7.89. The molecule has 2 aromatic heterocycles. The Bertz CT molecular complexity index is 1160. The quantitative estimate of drug-likeness (QED) is 0.493. The average molecular weight is 409 g/mol. The van der Waals surface area contributed by atoms with E-state index in [2.05, 4.69) is 15.0 Å². The number of nitrogen functional groups attached to an aromatic ring is 1. The number of aryl methyl sites for hydroxylation is 1. The van der Waals surface area contributed by atoms with Crippen LogP contribution in [0.1, 0.15) is 24.5 Å². The predicted molar refractivity (Wildman–Crippen MR) is 109 cm³/mol. The van der Waals surface area contributed by atoms with Crippen molar-refractivity contribution in [1.82, 2.24) is 19.5 Å². The Labute approximate surface area is 172 Å². The molecule has 0 amide bonds. The van der Waals surface area contributed by atoms with E-state index in [0.717, 1.165) is 17.5 Å². The van der Waals surface area contributed by atoms with E-state index >= 15 is 0 Å². The summed E-state index contributed by atoms with van der Waals surface area (Å²) in [6.45, 7) is 1.20. The summed E-state index contributed by atoms with van der Waals surface area (Å²) in [5.41, 5.74) is 5.73. The van der Waals surface area contributed by atoms with Crippen LogP contribution in [0.3, 0.4) is 0 Å². The Hall–Kier alpha value is -2.85. The zero-order chi connectivity index (χ0) is 21.1. The van der Waals surface area contributed by atoms with Gasteiger partial charge in [0.2, 0.25) is 0 Å². The summed E-state index contributed by atoms with van der Waals surface area (Å²) in [7, 11) is 0. The SMILES string of the molecule is C[C@@]1(n2cnc3c(N)ncnc32)O[C@H](CO)[C@@H](O)[C@]1(O)C1=CCCc2ccccc21. The number of benzene rings is 1. The number of fused-ring (bicyclic) bond motifs is 2. The van der Waals surface area contributed by atoms with Crippen LogP contribution in [0.2, 0.25) is 0 Å². The first-order chi connectivity index (χ1) is 14.4. The van der Waals surface area contributed by atoms with Crippen molar-refractivity contribution in [2.45, 2.75) is 43.3 Å². The molecule has 5 N–H and O–H groups in total. The third-order valence-electron chi connectivity index (χ3n) is 6.35. The molecule has 0 radical (unpaired) electrons. The highest BCUT2D eigenvalue weighted by Gasteiger charge is 2.66. The van der Waals surface area contributed by atoms with Gasteiger partial charge in [0.1, 0.15) is 24.1 Å². The molecule has 9 nitrogen and oxygen atoms in total. The van der Waals surface area contributed by atoms with E-state index < -0.39 is 30.1 Å². The summed E-state index contributed by atoms with van der Waals surface area (Å²) in [4.78, 5) is 12.5. The van der Waals surface area contributed by atoms with Gasteiger partial charge in [-0.25, -0.2) is 15.0 Å². The Morgan fingerprint density at radius 1 is 1.27 bits per heavy atom. The molecule has 3 aromatic rings. The summed E-state index contributed by atoms with van der Waals surface area (Å²) < 4.78 is 7.67. The van der Waals surface area contributed by atoms with Crippen LogP contribution in [0.4, 0.5) is 5.82 Å². The minimum atomic E-state index is -1.88. The van der Waals surface area contributed by atoms with Crippen molar-refractivity contribution in [3.8, 4) is 0 Å². The zero-order valence-electron chi connectivity index (χ0n) is 16.4. The van der Waals surface area contributed by atoms with Gasteiger partial charge in [0, 0.05) is 0 Å². The van der Waals surface area contributed by atoms with E-state index in [1.165, 1.54) is 12.7 Å². The van der Waals surface area contributed by atoms with Crippen molar-refractivity contribution in [3.05, 3.63) is 54.1 Å². The zero-order valence-corrected chi connectivity index (χ0v) is 16.4. The van der Waals surface area contributed by atoms with E-state index in [0.29, 0.717) is 23.2 Å². The number of ether oxygens (including phenoxy) is 1. The predicted octanol–water partition coefficient (Wildman–Crippen LogP) is 0.594. The highest BCUT2D eigenvalue weighted by Crippen LogP contribution is 2.52. The number of aliphatic hydroxyl groups is 3. The van der Waals surface area contributed by atoms with Gasteiger partial charge in [0.05, 0.1) is 12.9 Å². The first-order valence-corrected chi connectivity index (χ1v) is 9.84.